The van der Waals surface area contributed by atoms with Gasteiger partial charge in [0.05, 0.1) is 18.1 Å². The molecule has 2 amide bonds. The van der Waals surface area contributed by atoms with Gasteiger partial charge in [0.2, 0.25) is 11.8 Å². The smallest absolute Gasteiger partial charge is 0.338 e. The molecule has 1 aliphatic rings. The Hall–Kier alpha value is -2.67. The third-order valence-electron chi connectivity index (χ3n) is 4.46. The Balaban J connectivity index is 1.60. The first-order chi connectivity index (χ1) is 13.5. The Labute approximate surface area is 172 Å². The highest BCUT2D eigenvalue weighted by atomic mass is 79.9. The average molecular weight is 445 g/mol. The number of nitrogens with zero attached hydrogens (tertiary/aromatic N) is 1. The number of anilines is 2. The van der Waals surface area contributed by atoms with Crippen LogP contribution < -0.4 is 10.2 Å². The van der Waals surface area contributed by atoms with E-state index < -0.39 is 5.92 Å². The van der Waals surface area contributed by atoms with E-state index >= 15 is 0 Å². The van der Waals surface area contributed by atoms with E-state index in [-0.39, 0.29) is 24.2 Å². The molecule has 1 unspecified atom stereocenters. The first-order valence-corrected chi connectivity index (χ1v) is 9.91. The molecule has 146 valence electrons. The van der Waals surface area contributed by atoms with Gasteiger partial charge in [-0.25, -0.2) is 4.79 Å². The number of esters is 1. The highest BCUT2D eigenvalue weighted by Gasteiger charge is 2.35. The summed E-state index contributed by atoms with van der Waals surface area (Å²) in [4.78, 5) is 38.3. The van der Waals surface area contributed by atoms with E-state index in [9.17, 15) is 14.4 Å². The molecule has 1 fully saturated rings. The number of carbonyl (C=O) groups is 3. The summed E-state index contributed by atoms with van der Waals surface area (Å²) in [6.07, 6.45) is 0.931. The molecule has 1 heterocycles. The third-order valence-corrected chi connectivity index (χ3v) is 4.99. The highest BCUT2D eigenvalue weighted by molar-refractivity contribution is 9.10. The molecule has 7 heteroatoms. The molecule has 6 nitrogen and oxygen atoms in total. The van der Waals surface area contributed by atoms with Gasteiger partial charge in [-0.15, -0.1) is 0 Å². The Morgan fingerprint density at radius 3 is 2.46 bits per heavy atom. The fourth-order valence-corrected chi connectivity index (χ4v) is 3.23. The van der Waals surface area contributed by atoms with E-state index in [4.69, 9.17) is 4.74 Å². The zero-order valence-electron chi connectivity index (χ0n) is 15.5. The van der Waals surface area contributed by atoms with E-state index in [0.717, 1.165) is 16.6 Å². The lowest BCUT2D eigenvalue weighted by Gasteiger charge is -2.17. The van der Waals surface area contributed by atoms with E-state index in [2.05, 4.69) is 21.2 Å². The van der Waals surface area contributed by atoms with Crippen LogP contribution in [0.1, 0.15) is 30.1 Å². The molecule has 0 bridgehead atoms. The molecular weight excluding hydrogens is 424 g/mol. The summed E-state index contributed by atoms with van der Waals surface area (Å²) in [5.41, 5.74) is 1.79. The topological polar surface area (TPSA) is 75.7 Å². The second-order valence-electron chi connectivity index (χ2n) is 6.58. The lowest BCUT2D eigenvalue weighted by Crippen LogP contribution is -2.28. The standard InChI is InChI=1S/C21H21BrN2O4/c1-2-11-28-21(27)14-3-7-17(8-4-14)23-20(26)15-12-19(25)24(13-15)18-9-5-16(22)6-10-18/h3-10,15H,2,11-13H2,1H3,(H,23,26). The fourth-order valence-electron chi connectivity index (χ4n) is 2.97. The molecule has 1 N–H and O–H groups in total. The van der Waals surface area contributed by atoms with Gasteiger partial charge in [-0.3, -0.25) is 9.59 Å². The quantitative estimate of drug-likeness (QED) is 0.682. The minimum atomic E-state index is -0.426. The third kappa shape index (κ3) is 4.78. The van der Waals surface area contributed by atoms with Crippen molar-refractivity contribution in [3.63, 3.8) is 0 Å². The molecule has 0 aliphatic carbocycles. The molecule has 0 saturated carbocycles. The molecule has 28 heavy (non-hydrogen) atoms. The molecule has 3 rings (SSSR count). The molecule has 1 atom stereocenters. The molecule has 1 aliphatic heterocycles. The summed E-state index contributed by atoms with van der Waals surface area (Å²) in [5, 5.41) is 2.82. The number of amides is 2. The van der Waals surface area contributed by atoms with Crippen LogP contribution in [0.4, 0.5) is 11.4 Å². The predicted molar refractivity (Wildman–Crippen MR) is 110 cm³/mol. The number of benzene rings is 2. The zero-order valence-corrected chi connectivity index (χ0v) is 17.1. The maximum absolute atomic E-state index is 12.6. The van der Waals surface area contributed by atoms with Crippen LogP contribution in [0.5, 0.6) is 0 Å². The summed E-state index contributed by atoms with van der Waals surface area (Å²) in [7, 11) is 0. The van der Waals surface area contributed by atoms with E-state index in [0.29, 0.717) is 24.4 Å². The number of hydrogen-bond donors (Lipinski definition) is 1. The Bertz CT molecular complexity index is 865. The molecular formula is C21H21BrN2O4. The zero-order chi connectivity index (χ0) is 20.1. The van der Waals surface area contributed by atoms with Crippen molar-refractivity contribution in [3.8, 4) is 0 Å². The van der Waals surface area contributed by atoms with Crippen LogP contribution in [0, 0.1) is 5.92 Å². The molecule has 0 radical (unpaired) electrons. The number of rotatable bonds is 6. The maximum Gasteiger partial charge on any atom is 0.338 e. The summed E-state index contributed by atoms with van der Waals surface area (Å²) >= 11 is 3.37. The molecule has 2 aromatic carbocycles. The van der Waals surface area contributed by atoms with Crippen LogP contribution >= 0.6 is 15.9 Å². The predicted octanol–water partition coefficient (Wildman–Crippen LogP) is 4.01. The summed E-state index contributed by atoms with van der Waals surface area (Å²) in [6.45, 7) is 2.65. The van der Waals surface area contributed by atoms with E-state index in [1.807, 2.05) is 31.2 Å². The van der Waals surface area contributed by atoms with Crippen molar-refractivity contribution in [2.24, 2.45) is 5.92 Å². The SMILES string of the molecule is CCCOC(=O)c1ccc(NC(=O)C2CC(=O)N(c3ccc(Br)cc3)C2)cc1. The van der Waals surface area contributed by atoms with Gasteiger partial charge in [0.25, 0.3) is 0 Å². The van der Waals surface area contributed by atoms with Gasteiger partial charge >= 0.3 is 5.97 Å². The van der Waals surface area contributed by atoms with Crippen molar-refractivity contribution in [2.45, 2.75) is 19.8 Å². The van der Waals surface area contributed by atoms with Gasteiger partial charge in [0.1, 0.15) is 0 Å². The second-order valence-corrected chi connectivity index (χ2v) is 7.50. The average Bonchev–Trinajstić information content (AvgIpc) is 3.09. The number of halogens is 1. The Kier molecular flexibility index (Phi) is 6.46. The molecule has 1 saturated heterocycles. The number of carbonyl (C=O) groups excluding carboxylic acids is 3. The monoisotopic (exact) mass is 444 g/mol. The van der Waals surface area contributed by atoms with Gasteiger partial charge in [-0.2, -0.15) is 0 Å². The van der Waals surface area contributed by atoms with Crippen molar-refractivity contribution in [1.29, 1.82) is 0 Å². The van der Waals surface area contributed by atoms with Gasteiger partial charge in [-0.05, 0) is 55.0 Å². The summed E-state index contributed by atoms with van der Waals surface area (Å²) in [6, 6.07) is 14.0. The van der Waals surface area contributed by atoms with E-state index in [1.165, 1.54) is 0 Å². The van der Waals surface area contributed by atoms with Gasteiger partial charge < -0.3 is 15.0 Å². The minimum absolute atomic E-state index is 0.0727. The van der Waals surface area contributed by atoms with Crippen molar-refractivity contribution >= 4 is 45.1 Å². The lowest BCUT2D eigenvalue weighted by molar-refractivity contribution is -0.122. The van der Waals surface area contributed by atoms with Crippen LogP contribution in [-0.4, -0.2) is 30.9 Å². The highest BCUT2D eigenvalue weighted by Crippen LogP contribution is 2.27. The van der Waals surface area contributed by atoms with Crippen LogP contribution in [0.15, 0.2) is 53.0 Å². The normalized spacial score (nSPS) is 16.1. The van der Waals surface area contributed by atoms with Crippen molar-refractivity contribution in [3.05, 3.63) is 58.6 Å². The number of ether oxygens (including phenoxy) is 1. The Morgan fingerprint density at radius 2 is 1.82 bits per heavy atom. The van der Waals surface area contributed by atoms with Crippen molar-refractivity contribution < 1.29 is 19.1 Å². The molecule has 0 aromatic heterocycles. The first kappa shape index (κ1) is 20.1. The van der Waals surface area contributed by atoms with E-state index in [1.54, 1.807) is 29.2 Å². The van der Waals surface area contributed by atoms with Gasteiger partial charge in [-0.1, -0.05) is 22.9 Å². The Morgan fingerprint density at radius 1 is 1.14 bits per heavy atom. The summed E-state index contributed by atoms with van der Waals surface area (Å²) in [5.74, 6) is -1.10. The van der Waals surface area contributed by atoms with Crippen molar-refractivity contribution in [2.75, 3.05) is 23.4 Å². The minimum Gasteiger partial charge on any atom is -0.462 e. The summed E-state index contributed by atoms with van der Waals surface area (Å²) < 4.78 is 6.01. The number of hydrogen-bond acceptors (Lipinski definition) is 4. The van der Waals surface area contributed by atoms with Crippen LogP contribution in [0.2, 0.25) is 0 Å². The first-order valence-electron chi connectivity index (χ1n) is 9.12. The van der Waals surface area contributed by atoms with Gasteiger partial charge in [0.15, 0.2) is 0 Å². The largest absolute Gasteiger partial charge is 0.462 e. The number of nitrogens with one attached hydrogen (secondary N) is 1. The second kappa shape index (κ2) is 9.01. The fraction of sp³-hybridized carbons (Fsp3) is 0.286. The van der Waals surface area contributed by atoms with Crippen LogP contribution in [0.3, 0.4) is 0 Å². The molecule has 2 aromatic rings. The maximum atomic E-state index is 12.6. The van der Waals surface area contributed by atoms with Gasteiger partial charge in [0, 0.05) is 28.8 Å². The van der Waals surface area contributed by atoms with Crippen molar-refractivity contribution in [1.82, 2.24) is 0 Å². The molecule has 0 spiro atoms. The lowest BCUT2D eigenvalue weighted by atomic mass is 10.1. The van der Waals surface area contributed by atoms with Crippen LogP contribution in [0.25, 0.3) is 0 Å². The van der Waals surface area contributed by atoms with Crippen LogP contribution in [-0.2, 0) is 14.3 Å².